The molecular weight excluding hydrogens is 295 g/mol. The Balaban J connectivity index is 1.80. The summed E-state index contributed by atoms with van der Waals surface area (Å²) in [4.78, 5) is 2.27. The van der Waals surface area contributed by atoms with E-state index >= 15 is 0 Å². The van der Waals surface area contributed by atoms with Crippen LogP contribution in [-0.2, 0) is 11.3 Å². The quantitative estimate of drug-likeness (QED) is 0.930. The Labute approximate surface area is 136 Å². The molecule has 3 atom stereocenters. The molecule has 2 aliphatic heterocycles. The van der Waals surface area contributed by atoms with Crippen molar-refractivity contribution in [2.24, 2.45) is 5.92 Å². The molecule has 2 saturated heterocycles. The molecular formula is C18H23FN2O2. The van der Waals surface area contributed by atoms with Crippen molar-refractivity contribution in [2.75, 3.05) is 19.8 Å². The normalized spacial score (nSPS) is 31.9. The second-order valence-corrected chi connectivity index (χ2v) is 6.88. The van der Waals surface area contributed by atoms with Crippen LogP contribution in [0.5, 0.6) is 0 Å². The third-order valence-electron chi connectivity index (χ3n) is 5.29. The summed E-state index contributed by atoms with van der Waals surface area (Å²) < 4.78 is 19.1. The van der Waals surface area contributed by atoms with Gasteiger partial charge in [0, 0.05) is 25.1 Å². The predicted octanol–water partition coefficient (Wildman–Crippen LogP) is 2.45. The van der Waals surface area contributed by atoms with Crippen molar-refractivity contribution in [3.05, 3.63) is 35.1 Å². The Morgan fingerprint density at radius 1 is 1.52 bits per heavy atom. The van der Waals surface area contributed by atoms with Gasteiger partial charge >= 0.3 is 0 Å². The zero-order chi connectivity index (χ0) is 16.4. The van der Waals surface area contributed by atoms with Crippen molar-refractivity contribution in [1.29, 1.82) is 5.26 Å². The molecule has 0 aliphatic carbocycles. The topological polar surface area (TPSA) is 56.5 Å². The third-order valence-corrected chi connectivity index (χ3v) is 5.29. The maximum Gasteiger partial charge on any atom is 0.123 e. The van der Waals surface area contributed by atoms with Crippen molar-refractivity contribution in [3.8, 4) is 6.07 Å². The first kappa shape index (κ1) is 16.4. The average molecular weight is 318 g/mol. The van der Waals surface area contributed by atoms with Gasteiger partial charge in [0.05, 0.1) is 23.8 Å². The lowest BCUT2D eigenvalue weighted by molar-refractivity contribution is -0.123. The fraction of sp³-hybridized carbons (Fsp3) is 0.611. The van der Waals surface area contributed by atoms with Crippen LogP contribution in [-0.4, -0.2) is 41.4 Å². The monoisotopic (exact) mass is 318 g/mol. The van der Waals surface area contributed by atoms with Crippen molar-refractivity contribution < 1.29 is 14.2 Å². The fourth-order valence-corrected chi connectivity index (χ4v) is 3.90. The molecule has 0 spiro atoms. The molecule has 5 heteroatoms. The largest absolute Gasteiger partial charge is 0.390 e. The molecule has 0 bridgehead atoms. The van der Waals surface area contributed by atoms with Crippen LogP contribution in [0, 0.1) is 23.1 Å². The minimum absolute atomic E-state index is 0.0536. The fourth-order valence-electron chi connectivity index (χ4n) is 3.90. The zero-order valence-corrected chi connectivity index (χ0v) is 13.5. The van der Waals surface area contributed by atoms with Gasteiger partial charge in [0.15, 0.2) is 0 Å². The standard InChI is InChI=1S/C18H23FN2O2/c1-18(22)6-8-23-12-16(18)17-3-2-7-21(17)11-14-9-15(19)5-4-13(14)10-20/h4-5,9,16-17,22H,2-3,6-8,11-12H2,1H3/t16-,17-,18+/m1/s1. The number of likely N-dealkylation sites (tertiary alicyclic amines) is 1. The summed E-state index contributed by atoms with van der Waals surface area (Å²) in [6.07, 6.45) is 2.70. The highest BCUT2D eigenvalue weighted by Gasteiger charge is 2.44. The molecule has 124 valence electrons. The number of halogens is 1. The van der Waals surface area contributed by atoms with Gasteiger partial charge in [0.25, 0.3) is 0 Å². The number of aliphatic hydroxyl groups is 1. The van der Waals surface area contributed by atoms with E-state index in [1.807, 2.05) is 6.92 Å². The zero-order valence-electron chi connectivity index (χ0n) is 13.5. The number of benzene rings is 1. The Morgan fingerprint density at radius 3 is 3.09 bits per heavy atom. The van der Waals surface area contributed by atoms with Crippen molar-refractivity contribution in [1.82, 2.24) is 4.90 Å². The van der Waals surface area contributed by atoms with Gasteiger partial charge in [0.1, 0.15) is 5.82 Å². The summed E-state index contributed by atoms with van der Waals surface area (Å²) >= 11 is 0. The Bertz CT molecular complexity index is 612. The minimum Gasteiger partial charge on any atom is -0.390 e. The first-order valence-electron chi connectivity index (χ1n) is 8.24. The Morgan fingerprint density at radius 2 is 2.35 bits per heavy atom. The minimum atomic E-state index is -0.731. The summed E-state index contributed by atoms with van der Waals surface area (Å²) in [6.45, 7) is 4.48. The molecule has 0 saturated carbocycles. The lowest BCUT2D eigenvalue weighted by Gasteiger charge is -2.43. The van der Waals surface area contributed by atoms with Gasteiger partial charge in [-0.3, -0.25) is 4.90 Å². The molecule has 0 aromatic heterocycles. The van der Waals surface area contributed by atoms with Gasteiger partial charge < -0.3 is 9.84 Å². The summed E-state index contributed by atoms with van der Waals surface area (Å²) in [6, 6.07) is 6.66. The summed E-state index contributed by atoms with van der Waals surface area (Å²) in [5.74, 6) is -0.263. The van der Waals surface area contributed by atoms with E-state index in [1.165, 1.54) is 18.2 Å². The van der Waals surface area contributed by atoms with Crippen LogP contribution in [0.4, 0.5) is 4.39 Å². The molecule has 23 heavy (non-hydrogen) atoms. The third kappa shape index (κ3) is 3.40. The van der Waals surface area contributed by atoms with Crippen LogP contribution in [0.3, 0.4) is 0 Å². The maximum atomic E-state index is 13.5. The highest BCUT2D eigenvalue weighted by atomic mass is 19.1. The molecule has 0 radical (unpaired) electrons. The Hall–Kier alpha value is -1.48. The molecule has 0 unspecified atom stereocenters. The maximum absolute atomic E-state index is 13.5. The van der Waals surface area contributed by atoms with Gasteiger partial charge in [-0.05, 0) is 56.5 Å². The number of rotatable bonds is 3. The molecule has 2 aliphatic rings. The number of ether oxygens (including phenoxy) is 1. The molecule has 3 rings (SSSR count). The SMILES string of the molecule is C[C@]1(O)CCOC[C@@H]1[C@H]1CCCN1Cc1cc(F)ccc1C#N. The predicted molar refractivity (Wildman–Crippen MR) is 84.1 cm³/mol. The number of hydrogen-bond acceptors (Lipinski definition) is 4. The van der Waals surface area contributed by atoms with E-state index < -0.39 is 5.60 Å². The van der Waals surface area contributed by atoms with Gasteiger partial charge in [0.2, 0.25) is 0 Å². The molecule has 2 fully saturated rings. The van der Waals surface area contributed by atoms with Crippen LogP contribution in [0.25, 0.3) is 0 Å². The second-order valence-electron chi connectivity index (χ2n) is 6.88. The number of nitriles is 1. The van der Waals surface area contributed by atoms with Crippen molar-refractivity contribution >= 4 is 0 Å². The number of nitrogens with zero attached hydrogens (tertiary/aromatic N) is 2. The van der Waals surface area contributed by atoms with Crippen LogP contribution < -0.4 is 0 Å². The van der Waals surface area contributed by atoms with Crippen LogP contribution in [0.2, 0.25) is 0 Å². The smallest absolute Gasteiger partial charge is 0.123 e. The van der Waals surface area contributed by atoms with Crippen molar-refractivity contribution in [2.45, 2.75) is 44.4 Å². The molecule has 1 aromatic carbocycles. The summed E-state index contributed by atoms with van der Waals surface area (Å²) in [5.41, 5.74) is 0.505. The van der Waals surface area contributed by atoms with E-state index in [1.54, 1.807) is 0 Å². The van der Waals surface area contributed by atoms with Crippen LogP contribution in [0.1, 0.15) is 37.3 Å². The van der Waals surface area contributed by atoms with E-state index in [0.717, 1.165) is 24.9 Å². The van der Waals surface area contributed by atoms with Crippen molar-refractivity contribution in [3.63, 3.8) is 0 Å². The van der Waals surface area contributed by atoms with Crippen LogP contribution >= 0.6 is 0 Å². The summed E-state index contributed by atoms with van der Waals surface area (Å²) in [5, 5.41) is 19.9. The molecule has 4 nitrogen and oxygen atoms in total. The highest BCUT2D eigenvalue weighted by Crippen LogP contribution is 2.36. The van der Waals surface area contributed by atoms with E-state index in [4.69, 9.17) is 4.74 Å². The molecule has 2 heterocycles. The second kappa shape index (κ2) is 6.56. The number of hydrogen-bond donors (Lipinski definition) is 1. The van der Waals surface area contributed by atoms with Gasteiger partial charge in [-0.1, -0.05) is 0 Å². The first-order chi connectivity index (χ1) is 11.0. The van der Waals surface area contributed by atoms with Gasteiger partial charge in [-0.15, -0.1) is 0 Å². The molecule has 1 aromatic rings. The lowest BCUT2D eigenvalue weighted by atomic mass is 9.79. The Kier molecular flexibility index (Phi) is 4.67. The van der Waals surface area contributed by atoms with Gasteiger partial charge in [-0.2, -0.15) is 5.26 Å². The first-order valence-corrected chi connectivity index (χ1v) is 8.24. The van der Waals surface area contributed by atoms with Crippen LogP contribution in [0.15, 0.2) is 18.2 Å². The lowest BCUT2D eigenvalue weighted by Crippen LogP contribution is -2.52. The highest BCUT2D eigenvalue weighted by molar-refractivity contribution is 5.37. The molecule has 1 N–H and O–H groups in total. The summed E-state index contributed by atoms with van der Waals surface area (Å²) in [7, 11) is 0. The van der Waals surface area contributed by atoms with E-state index in [9.17, 15) is 14.8 Å². The van der Waals surface area contributed by atoms with Gasteiger partial charge in [-0.25, -0.2) is 4.39 Å². The average Bonchev–Trinajstić information content (AvgIpc) is 2.95. The molecule has 0 amide bonds. The van der Waals surface area contributed by atoms with E-state index in [2.05, 4.69) is 11.0 Å². The van der Waals surface area contributed by atoms with E-state index in [-0.39, 0.29) is 17.8 Å². The van der Waals surface area contributed by atoms with E-state index in [0.29, 0.717) is 31.7 Å².